The number of rotatable bonds is 9. The van der Waals surface area contributed by atoms with Gasteiger partial charge in [-0.05, 0) is 48.9 Å². The number of carbonyl (C=O) groups excluding carboxylic acids is 1. The molecule has 164 valence electrons. The molecule has 0 aromatic heterocycles. The molecule has 7 heteroatoms. The highest BCUT2D eigenvalue weighted by Gasteiger charge is 2.29. The molecule has 0 unspecified atom stereocenters. The molecule has 0 heterocycles. The molecule has 1 atom stereocenters. The summed E-state index contributed by atoms with van der Waals surface area (Å²) in [5.74, 6) is 0.0342. The van der Waals surface area contributed by atoms with Crippen molar-refractivity contribution in [3.8, 4) is 0 Å². The molecule has 1 N–H and O–H groups in total. The van der Waals surface area contributed by atoms with Gasteiger partial charge in [0.2, 0.25) is 5.91 Å². The molecule has 1 amide bonds. The van der Waals surface area contributed by atoms with Gasteiger partial charge in [0.05, 0.1) is 11.7 Å². The van der Waals surface area contributed by atoms with E-state index >= 15 is 0 Å². The van der Waals surface area contributed by atoms with E-state index in [-0.39, 0.29) is 18.5 Å². The van der Waals surface area contributed by atoms with Crippen molar-refractivity contribution in [2.75, 3.05) is 24.9 Å². The first kappa shape index (κ1) is 23.9. The van der Waals surface area contributed by atoms with Crippen LogP contribution in [-0.4, -0.2) is 39.3 Å². The topological polar surface area (TPSA) is 69.7 Å². The molecule has 2 aromatic carbocycles. The highest BCUT2D eigenvalue weighted by atomic mass is 32.2. The quantitative estimate of drug-likeness (QED) is 0.656. The van der Waals surface area contributed by atoms with Crippen LogP contribution in [0.1, 0.15) is 43.0 Å². The van der Waals surface area contributed by atoms with Crippen LogP contribution in [0.2, 0.25) is 0 Å². The summed E-state index contributed by atoms with van der Waals surface area (Å²) in [5, 5.41) is 3.05. The molecular weight excluding hydrogens is 398 g/mol. The lowest BCUT2D eigenvalue weighted by Gasteiger charge is -2.29. The summed E-state index contributed by atoms with van der Waals surface area (Å²) in [5.41, 5.74) is 3.24. The highest BCUT2D eigenvalue weighted by Crippen LogP contribution is 2.26. The second kappa shape index (κ2) is 10.1. The molecule has 0 aliphatic heterocycles. The van der Waals surface area contributed by atoms with Gasteiger partial charge in [0.15, 0.2) is 0 Å². The number of nitrogens with one attached hydrogen (secondary N) is 1. The maximum atomic E-state index is 13.0. The largest absolute Gasteiger partial charge is 0.348 e. The van der Waals surface area contributed by atoms with Crippen LogP contribution in [0.25, 0.3) is 0 Å². The zero-order valence-electron chi connectivity index (χ0n) is 18.7. The van der Waals surface area contributed by atoms with Gasteiger partial charge in [-0.3, -0.25) is 4.79 Å². The zero-order chi connectivity index (χ0) is 22.5. The lowest BCUT2D eigenvalue weighted by molar-refractivity contribution is -0.120. The monoisotopic (exact) mass is 431 g/mol. The first-order valence-corrected chi connectivity index (χ1v) is 11.5. The van der Waals surface area contributed by atoms with Crippen LogP contribution < -0.4 is 9.62 Å². The van der Waals surface area contributed by atoms with Crippen molar-refractivity contribution in [3.05, 3.63) is 65.2 Å². The van der Waals surface area contributed by atoms with Crippen molar-refractivity contribution in [1.29, 1.82) is 0 Å². The van der Waals surface area contributed by atoms with Crippen LogP contribution in [0.5, 0.6) is 0 Å². The lowest BCUT2D eigenvalue weighted by Crippen LogP contribution is -2.46. The Balaban J connectivity index is 2.34. The predicted molar refractivity (Wildman–Crippen MR) is 123 cm³/mol. The van der Waals surface area contributed by atoms with E-state index in [2.05, 4.69) is 19.2 Å². The smallest absolute Gasteiger partial charge is 0.304 e. The van der Waals surface area contributed by atoms with Crippen LogP contribution in [-0.2, 0) is 15.0 Å². The van der Waals surface area contributed by atoms with Gasteiger partial charge in [-0.25, -0.2) is 4.31 Å². The zero-order valence-corrected chi connectivity index (χ0v) is 19.5. The fourth-order valence-corrected chi connectivity index (χ4v) is 4.40. The predicted octanol–water partition coefficient (Wildman–Crippen LogP) is 3.82. The Hall–Kier alpha value is -2.38. The average molecular weight is 432 g/mol. The van der Waals surface area contributed by atoms with Gasteiger partial charge in [0.25, 0.3) is 0 Å². The average Bonchev–Trinajstić information content (AvgIpc) is 2.67. The third kappa shape index (κ3) is 6.06. The molecule has 0 saturated carbocycles. The van der Waals surface area contributed by atoms with Gasteiger partial charge in [-0.2, -0.15) is 12.7 Å². The molecular formula is C23H33N3O3S. The van der Waals surface area contributed by atoms with E-state index < -0.39 is 10.2 Å². The van der Waals surface area contributed by atoms with E-state index in [9.17, 15) is 13.2 Å². The first-order valence-electron chi connectivity index (χ1n) is 10.1. The van der Waals surface area contributed by atoms with Crippen LogP contribution in [0.4, 0.5) is 5.69 Å². The van der Waals surface area contributed by atoms with Crippen LogP contribution in [0.3, 0.4) is 0 Å². The minimum absolute atomic E-state index is 0.179. The number of nitrogens with zero attached hydrogens (tertiary/aromatic N) is 2. The van der Waals surface area contributed by atoms with E-state index in [0.29, 0.717) is 11.6 Å². The third-order valence-electron chi connectivity index (χ3n) is 4.90. The van der Waals surface area contributed by atoms with Crippen molar-refractivity contribution in [3.63, 3.8) is 0 Å². The Bertz CT molecular complexity index is 957. The molecule has 0 saturated heterocycles. The number of anilines is 1. The van der Waals surface area contributed by atoms with Crippen LogP contribution >= 0.6 is 0 Å². The van der Waals surface area contributed by atoms with Crippen molar-refractivity contribution < 1.29 is 13.2 Å². The van der Waals surface area contributed by atoms with E-state index in [1.165, 1.54) is 18.4 Å². The van der Waals surface area contributed by atoms with Crippen molar-refractivity contribution in [2.24, 2.45) is 5.92 Å². The number of hydrogen-bond acceptors (Lipinski definition) is 3. The van der Waals surface area contributed by atoms with Gasteiger partial charge in [-0.1, -0.05) is 56.3 Å². The fraction of sp³-hybridized carbons (Fsp3) is 0.435. The second-order valence-corrected chi connectivity index (χ2v) is 10.3. The summed E-state index contributed by atoms with van der Waals surface area (Å²) >= 11 is 0. The molecule has 2 aromatic rings. The van der Waals surface area contributed by atoms with Crippen LogP contribution in [0, 0.1) is 19.8 Å². The molecule has 0 bridgehead atoms. The van der Waals surface area contributed by atoms with Gasteiger partial charge < -0.3 is 5.32 Å². The summed E-state index contributed by atoms with van der Waals surface area (Å²) in [6.45, 7) is 7.65. The van der Waals surface area contributed by atoms with Gasteiger partial charge in [0, 0.05) is 14.1 Å². The number of amides is 1. The Morgan fingerprint density at radius 2 is 1.67 bits per heavy atom. The van der Waals surface area contributed by atoms with E-state index in [1.54, 1.807) is 6.07 Å². The number of aryl methyl sites for hydroxylation is 2. The fourth-order valence-electron chi connectivity index (χ4n) is 3.28. The van der Waals surface area contributed by atoms with Crippen molar-refractivity contribution in [2.45, 2.75) is 40.2 Å². The number of hydrogen-bond donors (Lipinski definition) is 1. The Morgan fingerprint density at radius 3 is 2.23 bits per heavy atom. The normalized spacial score (nSPS) is 12.8. The minimum Gasteiger partial charge on any atom is -0.348 e. The second-order valence-electron chi connectivity index (χ2n) is 8.25. The molecule has 6 nitrogen and oxygen atoms in total. The molecule has 30 heavy (non-hydrogen) atoms. The van der Waals surface area contributed by atoms with E-state index in [0.717, 1.165) is 27.4 Å². The van der Waals surface area contributed by atoms with Gasteiger partial charge >= 0.3 is 10.2 Å². The number of benzene rings is 2. The molecule has 0 aliphatic carbocycles. The van der Waals surface area contributed by atoms with Gasteiger partial charge in [-0.15, -0.1) is 0 Å². The summed E-state index contributed by atoms with van der Waals surface area (Å²) < 4.78 is 28.4. The Morgan fingerprint density at radius 1 is 1.03 bits per heavy atom. The molecule has 2 rings (SSSR count). The third-order valence-corrected chi connectivity index (χ3v) is 6.71. The Labute approximate surface area is 181 Å². The maximum Gasteiger partial charge on any atom is 0.304 e. The summed E-state index contributed by atoms with van der Waals surface area (Å²) in [6.07, 6.45) is 0.764. The standard InChI is InChI=1S/C23H33N3O3S/c1-17(2)14-21(20-10-8-7-9-11-20)24-23(27)16-26(30(28,29)25(5)6)22-15-18(3)12-13-19(22)4/h7-13,15,17,21H,14,16H2,1-6H3,(H,24,27)/t21-/m1/s1. The molecule has 0 spiro atoms. The molecule has 0 radical (unpaired) electrons. The maximum absolute atomic E-state index is 13.0. The lowest BCUT2D eigenvalue weighted by atomic mass is 9.97. The summed E-state index contributed by atoms with van der Waals surface area (Å²) in [4.78, 5) is 13.0. The summed E-state index contributed by atoms with van der Waals surface area (Å²) in [6, 6.07) is 15.2. The number of carbonyl (C=O) groups is 1. The van der Waals surface area contributed by atoms with E-state index in [1.807, 2.05) is 56.3 Å². The summed E-state index contributed by atoms with van der Waals surface area (Å²) in [7, 11) is -0.906. The molecule has 0 fully saturated rings. The van der Waals surface area contributed by atoms with Gasteiger partial charge in [0.1, 0.15) is 6.54 Å². The van der Waals surface area contributed by atoms with Crippen molar-refractivity contribution in [1.82, 2.24) is 9.62 Å². The first-order chi connectivity index (χ1) is 14.0. The SMILES string of the molecule is Cc1ccc(C)c(N(CC(=O)N[C@H](CC(C)C)c2ccccc2)S(=O)(=O)N(C)C)c1. The van der Waals surface area contributed by atoms with E-state index in [4.69, 9.17) is 0 Å². The van der Waals surface area contributed by atoms with Crippen molar-refractivity contribution >= 4 is 21.8 Å². The minimum atomic E-state index is -3.84. The van der Waals surface area contributed by atoms with Crippen LogP contribution in [0.15, 0.2) is 48.5 Å². The Kier molecular flexibility index (Phi) is 8.03. The highest BCUT2D eigenvalue weighted by molar-refractivity contribution is 7.90. The molecule has 0 aliphatic rings.